The van der Waals surface area contributed by atoms with Crippen molar-refractivity contribution >= 4 is 24.8 Å². The van der Waals surface area contributed by atoms with Crippen molar-refractivity contribution in [3.8, 4) is 0 Å². The van der Waals surface area contributed by atoms with Crippen LogP contribution in [0.4, 0.5) is 0 Å². The largest absolute Gasteiger partial charge is 0.389 e. The van der Waals surface area contributed by atoms with Gasteiger partial charge in [-0.05, 0) is 19.8 Å². The molecular weight excluding hydrogens is 227 g/mol. The maximum atomic E-state index is 9.61. The molecule has 6 heteroatoms. The lowest BCUT2D eigenvalue weighted by Gasteiger charge is -2.22. The number of aliphatic hydroxyl groups is 2. The second-order valence-corrected chi connectivity index (χ2v) is 4.15. The van der Waals surface area contributed by atoms with Crippen molar-refractivity contribution in [1.29, 1.82) is 0 Å². The van der Waals surface area contributed by atoms with Crippen LogP contribution in [0.25, 0.3) is 0 Å². The molecule has 1 heterocycles. The molecule has 1 saturated carbocycles. The molecule has 0 unspecified atom stereocenters. The fraction of sp³-hybridized carbons (Fsp3) is 1.00. The Kier molecular flexibility index (Phi) is 4.65. The van der Waals surface area contributed by atoms with Gasteiger partial charge in [0.15, 0.2) is 0 Å². The van der Waals surface area contributed by atoms with E-state index >= 15 is 0 Å². The molecule has 5 N–H and O–H groups in total. The minimum absolute atomic E-state index is 0. The van der Waals surface area contributed by atoms with Crippen molar-refractivity contribution in [2.24, 2.45) is 5.73 Å². The highest BCUT2D eigenvalue weighted by atomic mass is 35.5. The minimum Gasteiger partial charge on any atom is -0.389 e. The molecule has 0 spiro atoms. The molecule has 4 nitrogen and oxygen atoms in total. The average molecular weight is 245 g/mol. The number of rotatable bonds is 1. The monoisotopic (exact) mass is 244 g/mol. The summed E-state index contributed by atoms with van der Waals surface area (Å²) in [6, 6.07) is -0.173. The van der Waals surface area contributed by atoms with Crippen LogP contribution in [0, 0.1) is 0 Å². The maximum Gasteiger partial charge on any atom is 0.0984 e. The van der Waals surface area contributed by atoms with Gasteiger partial charge in [-0.1, -0.05) is 0 Å². The van der Waals surface area contributed by atoms with Gasteiger partial charge in [0.1, 0.15) is 0 Å². The SMILES string of the molecule is C[C@@H]1N[C@@H](C2(N)CC2)[C@H](O)[C@@H]1O.Cl.Cl. The molecule has 2 rings (SSSR count). The fourth-order valence-electron chi connectivity index (χ4n) is 1.93. The van der Waals surface area contributed by atoms with Crippen molar-refractivity contribution < 1.29 is 10.2 Å². The second kappa shape index (κ2) is 4.51. The summed E-state index contributed by atoms with van der Waals surface area (Å²) in [6.07, 6.45) is 0.519. The van der Waals surface area contributed by atoms with Gasteiger partial charge in [0, 0.05) is 11.6 Å². The zero-order valence-corrected chi connectivity index (χ0v) is 9.64. The first-order valence-corrected chi connectivity index (χ1v) is 4.46. The van der Waals surface area contributed by atoms with Crippen LogP contribution >= 0.6 is 24.8 Å². The molecule has 0 bridgehead atoms. The Bertz CT molecular complexity index is 202. The lowest BCUT2D eigenvalue weighted by Crippen LogP contribution is -2.50. The van der Waals surface area contributed by atoms with Gasteiger partial charge in [-0.2, -0.15) is 0 Å². The molecule has 0 aromatic rings. The Morgan fingerprint density at radius 3 is 2.00 bits per heavy atom. The van der Waals surface area contributed by atoms with E-state index in [4.69, 9.17) is 5.73 Å². The smallest absolute Gasteiger partial charge is 0.0984 e. The van der Waals surface area contributed by atoms with E-state index in [-0.39, 0.29) is 42.4 Å². The number of aliphatic hydroxyl groups excluding tert-OH is 2. The molecule has 86 valence electrons. The van der Waals surface area contributed by atoms with Gasteiger partial charge in [-0.3, -0.25) is 0 Å². The Hall–Kier alpha value is 0.420. The van der Waals surface area contributed by atoms with E-state index < -0.39 is 12.2 Å². The van der Waals surface area contributed by atoms with Crippen molar-refractivity contribution in [2.45, 2.75) is 49.6 Å². The van der Waals surface area contributed by atoms with Crippen molar-refractivity contribution in [3.05, 3.63) is 0 Å². The fourth-order valence-corrected chi connectivity index (χ4v) is 1.93. The van der Waals surface area contributed by atoms with Crippen LogP contribution in [-0.4, -0.2) is 40.0 Å². The summed E-state index contributed by atoms with van der Waals surface area (Å²) in [5.74, 6) is 0. The summed E-state index contributed by atoms with van der Waals surface area (Å²) < 4.78 is 0. The summed E-state index contributed by atoms with van der Waals surface area (Å²) in [4.78, 5) is 0. The summed E-state index contributed by atoms with van der Waals surface area (Å²) >= 11 is 0. The van der Waals surface area contributed by atoms with E-state index in [0.717, 1.165) is 12.8 Å². The van der Waals surface area contributed by atoms with E-state index in [2.05, 4.69) is 5.32 Å². The van der Waals surface area contributed by atoms with E-state index in [0.29, 0.717) is 0 Å². The predicted octanol–water partition coefficient (Wildman–Crippen LogP) is -0.597. The molecule has 14 heavy (non-hydrogen) atoms. The second-order valence-electron chi connectivity index (χ2n) is 4.15. The summed E-state index contributed by atoms with van der Waals surface area (Å²) in [5, 5.41) is 22.2. The third-order valence-electron chi connectivity index (χ3n) is 3.09. The van der Waals surface area contributed by atoms with Crippen LogP contribution in [0.2, 0.25) is 0 Å². The molecule has 0 radical (unpaired) electrons. The van der Waals surface area contributed by atoms with Gasteiger partial charge in [-0.25, -0.2) is 0 Å². The third kappa shape index (κ3) is 2.15. The molecule has 0 amide bonds. The highest BCUT2D eigenvalue weighted by molar-refractivity contribution is 5.85. The molecule has 2 fully saturated rings. The van der Waals surface area contributed by atoms with Gasteiger partial charge in [-0.15, -0.1) is 24.8 Å². The number of hydrogen-bond donors (Lipinski definition) is 4. The topological polar surface area (TPSA) is 78.5 Å². The lowest BCUT2D eigenvalue weighted by atomic mass is 10.0. The molecule has 1 aliphatic carbocycles. The summed E-state index contributed by atoms with van der Waals surface area (Å²) in [5.41, 5.74) is 5.67. The molecule has 0 aromatic carbocycles. The number of nitrogens with two attached hydrogens (primary N) is 1. The van der Waals surface area contributed by atoms with E-state index in [1.54, 1.807) is 0 Å². The van der Waals surface area contributed by atoms with Crippen LogP contribution in [0.3, 0.4) is 0 Å². The molecule has 4 atom stereocenters. The number of hydrogen-bond acceptors (Lipinski definition) is 4. The molecular formula is C8H18Cl2N2O2. The highest BCUT2D eigenvalue weighted by Gasteiger charge is 2.54. The van der Waals surface area contributed by atoms with Crippen LogP contribution < -0.4 is 11.1 Å². The Labute approximate surface area is 96.1 Å². The molecule has 1 saturated heterocycles. The van der Waals surface area contributed by atoms with Gasteiger partial charge in [0.05, 0.1) is 18.2 Å². The first-order chi connectivity index (χ1) is 5.54. The Morgan fingerprint density at radius 2 is 1.71 bits per heavy atom. The zero-order chi connectivity index (χ0) is 8.93. The lowest BCUT2D eigenvalue weighted by molar-refractivity contribution is 0.0253. The first-order valence-electron chi connectivity index (χ1n) is 4.46. The minimum atomic E-state index is -0.701. The summed E-state index contributed by atoms with van der Waals surface area (Å²) in [7, 11) is 0. The van der Waals surface area contributed by atoms with Gasteiger partial charge >= 0.3 is 0 Å². The van der Waals surface area contributed by atoms with E-state index in [1.807, 2.05) is 6.92 Å². The first kappa shape index (κ1) is 14.4. The molecule has 1 aliphatic heterocycles. The highest BCUT2D eigenvalue weighted by Crippen LogP contribution is 2.39. The molecule has 2 aliphatic rings. The van der Waals surface area contributed by atoms with Crippen molar-refractivity contribution in [1.82, 2.24) is 5.32 Å². The number of halogens is 2. The Balaban J connectivity index is 0.000000845. The van der Waals surface area contributed by atoms with Crippen molar-refractivity contribution in [2.75, 3.05) is 0 Å². The quantitative estimate of drug-likeness (QED) is 0.497. The Morgan fingerprint density at radius 1 is 1.21 bits per heavy atom. The standard InChI is InChI=1S/C8H16N2O2.2ClH/c1-4-5(11)6(12)7(10-4)8(9)2-3-8;;/h4-7,10-12H,2-3,9H2,1H3;2*1H/t4-,5+,6+,7+;;/m0../s1. The zero-order valence-electron chi connectivity index (χ0n) is 8.01. The van der Waals surface area contributed by atoms with Crippen LogP contribution in [0.1, 0.15) is 19.8 Å². The molecule has 0 aromatic heterocycles. The number of nitrogens with one attached hydrogen (secondary N) is 1. The normalized spacial score (nSPS) is 43.7. The van der Waals surface area contributed by atoms with E-state index in [1.165, 1.54) is 0 Å². The van der Waals surface area contributed by atoms with Gasteiger partial charge in [0.25, 0.3) is 0 Å². The van der Waals surface area contributed by atoms with Gasteiger partial charge in [0.2, 0.25) is 0 Å². The summed E-state index contributed by atoms with van der Waals surface area (Å²) in [6.45, 7) is 1.86. The van der Waals surface area contributed by atoms with Crippen LogP contribution in [-0.2, 0) is 0 Å². The predicted molar refractivity (Wildman–Crippen MR) is 59.0 cm³/mol. The van der Waals surface area contributed by atoms with Crippen molar-refractivity contribution in [3.63, 3.8) is 0 Å². The van der Waals surface area contributed by atoms with Crippen LogP contribution in [0.5, 0.6) is 0 Å². The van der Waals surface area contributed by atoms with E-state index in [9.17, 15) is 10.2 Å². The maximum absolute atomic E-state index is 9.61. The van der Waals surface area contributed by atoms with Crippen LogP contribution in [0.15, 0.2) is 0 Å². The van der Waals surface area contributed by atoms with Gasteiger partial charge < -0.3 is 21.3 Å². The average Bonchev–Trinajstić information content (AvgIpc) is 2.71. The third-order valence-corrected chi connectivity index (χ3v) is 3.09.